The van der Waals surface area contributed by atoms with Gasteiger partial charge in [0, 0.05) is 17.7 Å². The molecule has 0 spiro atoms. The molecule has 0 radical (unpaired) electrons. The monoisotopic (exact) mass is 350 g/mol. The van der Waals surface area contributed by atoms with Crippen LogP contribution in [-0.4, -0.2) is 10.9 Å². The minimum Gasteiger partial charge on any atom is -0.472 e. The van der Waals surface area contributed by atoms with Crippen LogP contribution in [0.2, 0.25) is 0 Å². The lowest BCUT2D eigenvalue weighted by Gasteiger charge is -2.04. The van der Waals surface area contributed by atoms with Gasteiger partial charge in [-0.15, -0.1) is 11.3 Å². The molecule has 3 aromatic heterocycles. The number of aromatic nitrogens is 1. The van der Waals surface area contributed by atoms with Gasteiger partial charge in [-0.25, -0.2) is 4.98 Å². The predicted molar refractivity (Wildman–Crippen MR) is 95.1 cm³/mol. The number of carbonyl (C=O) groups excluding carboxylic acids is 1. The molecule has 0 atom stereocenters. The van der Waals surface area contributed by atoms with Gasteiger partial charge >= 0.3 is 0 Å². The van der Waals surface area contributed by atoms with Gasteiger partial charge in [-0.3, -0.25) is 4.79 Å². The summed E-state index contributed by atoms with van der Waals surface area (Å²) in [6.07, 6.45) is 4.79. The van der Waals surface area contributed by atoms with Crippen molar-refractivity contribution in [1.29, 1.82) is 0 Å². The Kier molecular flexibility index (Phi) is 4.18. The van der Waals surface area contributed by atoms with Gasteiger partial charge < -0.3 is 14.2 Å². The quantitative estimate of drug-likeness (QED) is 0.571. The molecule has 5 nitrogen and oxygen atoms in total. The highest BCUT2D eigenvalue weighted by molar-refractivity contribution is 7.17. The van der Waals surface area contributed by atoms with E-state index >= 15 is 0 Å². The van der Waals surface area contributed by atoms with E-state index in [1.165, 1.54) is 11.3 Å². The van der Waals surface area contributed by atoms with E-state index in [1.807, 2.05) is 42.5 Å². The zero-order chi connectivity index (χ0) is 17.1. The van der Waals surface area contributed by atoms with E-state index in [1.54, 1.807) is 24.9 Å². The maximum absolute atomic E-state index is 12.7. The van der Waals surface area contributed by atoms with Gasteiger partial charge in [0.05, 0.1) is 24.5 Å². The molecule has 0 fully saturated rings. The van der Waals surface area contributed by atoms with Crippen LogP contribution in [0.15, 0.2) is 76.2 Å². The SMILES string of the molecule is O=C(NCc1ccoc1)c1sc(-c2ccco2)nc1-c1ccccc1. The van der Waals surface area contributed by atoms with Crippen molar-refractivity contribution >= 4 is 17.2 Å². The Hall–Kier alpha value is -3.12. The largest absolute Gasteiger partial charge is 0.472 e. The fourth-order valence-electron chi connectivity index (χ4n) is 2.43. The van der Waals surface area contributed by atoms with Gasteiger partial charge in [0.1, 0.15) is 4.88 Å². The number of nitrogens with one attached hydrogen (secondary N) is 1. The van der Waals surface area contributed by atoms with Gasteiger partial charge in [0.15, 0.2) is 10.8 Å². The number of hydrogen-bond donors (Lipinski definition) is 1. The van der Waals surface area contributed by atoms with Crippen molar-refractivity contribution in [1.82, 2.24) is 10.3 Å². The Labute approximate surface area is 147 Å². The molecule has 4 rings (SSSR count). The van der Waals surface area contributed by atoms with Crippen LogP contribution in [0.3, 0.4) is 0 Å². The van der Waals surface area contributed by atoms with Crippen LogP contribution in [0.1, 0.15) is 15.2 Å². The first-order chi connectivity index (χ1) is 12.3. The van der Waals surface area contributed by atoms with Crippen LogP contribution < -0.4 is 5.32 Å². The Morgan fingerprint density at radius 3 is 2.68 bits per heavy atom. The second-order valence-corrected chi connectivity index (χ2v) is 6.35. The van der Waals surface area contributed by atoms with Crippen LogP contribution in [-0.2, 0) is 6.54 Å². The van der Waals surface area contributed by atoms with E-state index in [9.17, 15) is 4.79 Å². The van der Waals surface area contributed by atoms with Crippen molar-refractivity contribution < 1.29 is 13.6 Å². The van der Waals surface area contributed by atoms with Crippen LogP contribution >= 0.6 is 11.3 Å². The molecule has 0 aliphatic heterocycles. The zero-order valence-corrected chi connectivity index (χ0v) is 14.0. The molecule has 4 aromatic rings. The van der Waals surface area contributed by atoms with Crippen molar-refractivity contribution in [3.05, 3.63) is 77.8 Å². The molecule has 0 saturated heterocycles. The average Bonchev–Trinajstić information content (AvgIpc) is 3.41. The number of amides is 1. The summed E-state index contributed by atoms with van der Waals surface area (Å²) >= 11 is 1.32. The second-order valence-electron chi connectivity index (χ2n) is 5.35. The number of hydrogen-bond acceptors (Lipinski definition) is 5. The Bertz CT molecular complexity index is 958. The number of carbonyl (C=O) groups is 1. The van der Waals surface area contributed by atoms with Gasteiger partial charge in [-0.2, -0.15) is 0 Å². The molecule has 124 valence electrons. The lowest BCUT2D eigenvalue weighted by molar-refractivity contribution is 0.0955. The highest BCUT2D eigenvalue weighted by Crippen LogP contribution is 2.34. The standard InChI is InChI=1S/C19H14N2O3S/c22-18(20-11-13-8-10-23-12-13)17-16(14-5-2-1-3-6-14)21-19(25-17)15-7-4-9-24-15/h1-10,12H,11H2,(H,20,22). The lowest BCUT2D eigenvalue weighted by Crippen LogP contribution is -2.22. The molecule has 1 aromatic carbocycles. The number of benzene rings is 1. The van der Waals surface area contributed by atoms with E-state index < -0.39 is 0 Å². The van der Waals surface area contributed by atoms with Crippen LogP contribution in [0.25, 0.3) is 22.0 Å². The minimum atomic E-state index is -0.171. The highest BCUT2D eigenvalue weighted by Gasteiger charge is 2.21. The molecular weight excluding hydrogens is 336 g/mol. The summed E-state index contributed by atoms with van der Waals surface area (Å²) in [6, 6.07) is 15.1. The van der Waals surface area contributed by atoms with Gasteiger partial charge in [0.2, 0.25) is 0 Å². The summed E-state index contributed by atoms with van der Waals surface area (Å²) < 4.78 is 10.5. The number of rotatable bonds is 5. The first-order valence-corrected chi connectivity index (χ1v) is 8.52. The molecule has 0 bridgehead atoms. The fourth-order valence-corrected chi connectivity index (χ4v) is 3.40. The third-order valence-electron chi connectivity index (χ3n) is 3.65. The summed E-state index contributed by atoms with van der Waals surface area (Å²) in [6.45, 7) is 0.400. The molecule has 3 heterocycles. The minimum absolute atomic E-state index is 0.171. The fraction of sp³-hybridized carbons (Fsp3) is 0.0526. The molecule has 0 aliphatic rings. The summed E-state index contributed by atoms with van der Waals surface area (Å²) in [5, 5.41) is 3.59. The maximum atomic E-state index is 12.7. The van der Waals surface area contributed by atoms with Crippen molar-refractivity contribution in [2.45, 2.75) is 6.54 Å². The van der Waals surface area contributed by atoms with Crippen molar-refractivity contribution in [2.75, 3.05) is 0 Å². The zero-order valence-electron chi connectivity index (χ0n) is 13.1. The van der Waals surface area contributed by atoms with Gasteiger partial charge in [0.25, 0.3) is 5.91 Å². The number of thiazole rings is 1. The third-order valence-corrected chi connectivity index (χ3v) is 4.71. The van der Waals surface area contributed by atoms with E-state index in [0.717, 1.165) is 11.1 Å². The predicted octanol–water partition coefficient (Wildman–Crippen LogP) is 4.59. The second kappa shape index (κ2) is 6.78. The highest BCUT2D eigenvalue weighted by atomic mass is 32.1. The molecule has 1 N–H and O–H groups in total. The average molecular weight is 350 g/mol. The molecule has 6 heteroatoms. The van der Waals surface area contributed by atoms with Gasteiger partial charge in [-0.1, -0.05) is 30.3 Å². The molecular formula is C19H14N2O3S. The molecule has 1 amide bonds. The smallest absolute Gasteiger partial charge is 0.263 e. The lowest BCUT2D eigenvalue weighted by atomic mass is 10.1. The molecule has 0 aliphatic carbocycles. The summed E-state index contributed by atoms with van der Waals surface area (Å²) in [4.78, 5) is 17.9. The summed E-state index contributed by atoms with van der Waals surface area (Å²) in [7, 11) is 0. The van der Waals surface area contributed by atoms with E-state index in [2.05, 4.69) is 10.3 Å². The molecule has 0 saturated carbocycles. The van der Waals surface area contributed by atoms with E-state index in [0.29, 0.717) is 27.9 Å². The number of nitrogens with zero attached hydrogens (tertiary/aromatic N) is 1. The maximum Gasteiger partial charge on any atom is 0.263 e. The Morgan fingerprint density at radius 1 is 1.08 bits per heavy atom. The third kappa shape index (κ3) is 3.25. The van der Waals surface area contributed by atoms with E-state index in [-0.39, 0.29) is 5.91 Å². The summed E-state index contributed by atoms with van der Waals surface area (Å²) in [5.74, 6) is 0.478. The van der Waals surface area contributed by atoms with Crippen molar-refractivity contribution in [3.63, 3.8) is 0 Å². The normalized spacial score (nSPS) is 10.7. The van der Waals surface area contributed by atoms with Crippen molar-refractivity contribution in [2.24, 2.45) is 0 Å². The van der Waals surface area contributed by atoms with Crippen molar-refractivity contribution in [3.8, 4) is 22.0 Å². The van der Waals surface area contributed by atoms with Crippen LogP contribution in [0.5, 0.6) is 0 Å². The molecule has 25 heavy (non-hydrogen) atoms. The van der Waals surface area contributed by atoms with Crippen LogP contribution in [0, 0.1) is 0 Å². The first-order valence-electron chi connectivity index (χ1n) is 7.70. The first kappa shape index (κ1) is 15.4. The van der Waals surface area contributed by atoms with Gasteiger partial charge in [-0.05, 0) is 18.2 Å². The number of furan rings is 2. The van der Waals surface area contributed by atoms with E-state index in [4.69, 9.17) is 8.83 Å². The Balaban J connectivity index is 1.68. The Morgan fingerprint density at radius 2 is 1.96 bits per heavy atom. The topological polar surface area (TPSA) is 68.3 Å². The van der Waals surface area contributed by atoms with Crippen LogP contribution in [0.4, 0.5) is 0 Å². The summed E-state index contributed by atoms with van der Waals surface area (Å²) in [5.41, 5.74) is 2.46. The molecule has 0 unspecified atom stereocenters.